The van der Waals surface area contributed by atoms with E-state index < -0.39 is 29.5 Å². The van der Waals surface area contributed by atoms with Crippen LogP contribution < -0.4 is 10.6 Å². The van der Waals surface area contributed by atoms with E-state index in [0.717, 1.165) is 18.2 Å². The molecular formula is C22H23F2N3O3. The monoisotopic (exact) mass is 415 g/mol. The lowest BCUT2D eigenvalue weighted by Gasteiger charge is -2.17. The molecular weight excluding hydrogens is 392 g/mol. The van der Waals surface area contributed by atoms with Crippen LogP contribution in [0.3, 0.4) is 0 Å². The Hall–Kier alpha value is -3.42. The summed E-state index contributed by atoms with van der Waals surface area (Å²) in [6.07, 6.45) is 5.28. The average Bonchev–Trinajstić information content (AvgIpc) is 2.66. The molecule has 0 bridgehead atoms. The van der Waals surface area contributed by atoms with E-state index in [0.29, 0.717) is 24.2 Å². The van der Waals surface area contributed by atoms with E-state index in [4.69, 9.17) is 0 Å². The highest BCUT2D eigenvalue weighted by molar-refractivity contribution is 5.97. The molecule has 1 atom stereocenters. The molecule has 2 rings (SSSR count). The zero-order chi connectivity index (χ0) is 22.1. The second-order valence-corrected chi connectivity index (χ2v) is 6.77. The van der Waals surface area contributed by atoms with Crippen molar-refractivity contribution in [2.75, 3.05) is 5.32 Å². The zero-order valence-electron chi connectivity index (χ0n) is 16.7. The molecule has 2 N–H and O–H groups in total. The summed E-state index contributed by atoms with van der Waals surface area (Å²) in [5.74, 6) is -2.31. The van der Waals surface area contributed by atoms with Crippen molar-refractivity contribution in [1.82, 2.24) is 10.3 Å². The van der Waals surface area contributed by atoms with Crippen LogP contribution in [0.15, 0.2) is 42.6 Å². The maximum Gasteiger partial charge on any atom is 0.248 e. The number of aromatic nitrogens is 1. The van der Waals surface area contributed by atoms with Gasteiger partial charge in [0.15, 0.2) is 5.78 Å². The molecule has 0 aliphatic rings. The summed E-state index contributed by atoms with van der Waals surface area (Å²) in [6.45, 7) is 3.30. The van der Waals surface area contributed by atoms with Gasteiger partial charge in [-0.05, 0) is 60.9 Å². The van der Waals surface area contributed by atoms with Crippen LogP contribution in [-0.4, -0.2) is 28.6 Å². The highest BCUT2D eigenvalue weighted by Gasteiger charge is 2.20. The van der Waals surface area contributed by atoms with E-state index in [9.17, 15) is 23.2 Å². The second kappa shape index (κ2) is 10.9. The Morgan fingerprint density at radius 3 is 2.40 bits per heavy atom. The first-order chi connectivity index (χ1) is 14.3. The molecule has 1 heterocycles. The Labute approximate surface area is 173 Å². The lowest BCUT2D eigenvalue weighted by Crippen LogP contribution is -2.44. The number of hydrogen-bond donors (Lipinski definition) is 2. The summed E-state index contributed by atoms with van der Waals surface area (Å²) in [7, 11) is 0. The Morgan fingerprint density at radius 1 is 1.13 bits per heavy atom. The third kappa shape index (κ3) is 7.54. The maximum atomic E-state index is 13.3. The lowest BCUT2D eigenvalue weighted by atomic mass is 10.1. The summed E-state index contributed by atoms with van der Waals surface area (Å²) >= 11 is 0. The van der Waals surface area contributed by atoms with Crippen molar-refractivity contribution in [2.45, 2.75) is 39.2 Å². The van der Waals surface area contributed by atoms with Gasteiger partial charge in [0.25, 0.3) is 0 Å². The maximum absolute atomic E-state index is 13.3. The predicted octanol–water partition coefficient (Wildman–Crippen LogP) is 3.43. The number of halogens is 2. The number of carbonyl (C=O) groups excluding carboxylic acids is 3. The number of nitrogens with zero attached hydrogens (tertiary/aromatic N) is 1. The van der Waals surface area contributed by atoms with Crippen molar-refractivity contribution in [3.8, 4) is 0 Å². The molecule has 1 aromatic heterocycles. The quantitative estimate of drug-likeness (QED) is 0.614. The Bertz CT molecular complexity index is 923. The molecule has 2 aromatic rings. The Kier molecular flexibility index (Phi) is 8.34. The van der Waals surface area contributed by atoms with Crippen LogP contribution in [-0.2, 0) is 20.8 Å². The van der Waals surface area contributed by atoms with Gasteiger partial charge < -0.3 is 10.6 Å². The molecule has 30 heavy (non-hydrogen) atoms. The van der Waals surface area contributed by atoms with Gasteiger partial charge in [0, 0.05) is 12.3 Å². The predicted molar refractivity (Wildman–Crippen MR) is 109 cm³/mol. The summed E-state index contributed by atoms with van der Waals surface area (Å²) < 4.78 is 26.6. The minimum atomic E-state index is -0.819. The molecule has 2 amide bonds. The van der Waals surface area contributed by atoms with Crippen LogP contribution >= 0.6 is 0 Å². The topological polar surface area (TPSA) is 88.2 Å². The van der Waals surface area contributed by atoms with Crippen LogP contribution in [0.2, 0.25) is 0 Å². The standard InChI is InChI=1S/C22H23F2N3O3/c1-3-4-19(26-21(29)11-16-9-17(23)12-18(24)10-16)22(30)27-20-8-7-15(13-25-20)6-5-14(2)28/h5-10,12-13,19H,3-4,11H2,1-2H3,(H,26,29)(H,25,27,30). The molecule has 0 spiro atoms. The smallest absolute Gasteiger partial charge is 0.248 e. The highest BCUT2D eigenvalue weighted by Crippen LogP contribution is 2.11. The molecule has 6 nitrogen and oxygen atoms in total. The van der Waals surface area contributed by atoms with Gasteiger partial charge in [0.2, 0.25) is 11.8 Å². The van der Waals surface area contributed by atoms with Crippen LogP contribution in [0.4, 0.5) is 14.6 Å². The third-order valence-corrected chi connectivity index (χ3v) is 4.06. The van der Waals surface area contributed by atoms with Crippen molar-refractivity contribution in [2.24, 2.45) is 0 Å². The van der Waals surface area contributed by atoms with Crippen LogP contribution in [0.1, 0.15) is 37.8 Å². The van der Waals surface area contributed by atoms with Gasteiger partial charge in [-0.1, -0.05) is 13.3 Å². The minimum Gasteiger partial charge on any atom is -0.344 e. The second-order valence-electron chi connectivity index (χ2n) is 6.77. The summed E-state index contributed by atoms with van der Waals surface area (Å²) in [6, 6.07) is 5.32. The van der Waals surface area contributed by atoms with E-state index in [1.165, 1.54) is 19.2 Å². The first-order valence-corrected chi connectivity index (χ1v) is 9.46. The fourth-order valence-electron chi connectivity index (χ4n) is 2.71. The molecule has 1 unspecified atom stereocenters. The molecule has 0 saturated carbocycles. The number of benzene rings is 1. The van der Waals surface area contributed by atoms with E-state index >= 15 is 0 Å². The molecule has 0 saturated heterocycles. The summed E-state index contributed by atoms with van der Waals surface area (Å²) in [5, 5.41) is 5.23. The van der Waals surface area contributed by atoms with Gasteiger partial charge in [-0.15, -0.1) is 0 Å². The number of carbonyl (C=O) groups is 3. The highest BCUT2D eigenvalue weighted by atomic mass is 19.1. The fraction of sp³-hybridized carbons (Fsp3) is 0.273. The van der Waals surface area contributed by atoms with Crippen LogP contribution in [0, 0.1) is 11.6 Å². The minimum absolute atomic E-state index is 0.0912. The molecule has 0 aliphatic heterocycles. The zero-order valence-corrected chi connectivity index (χ0v) is 16.7. The van der Waals surface area contributed by atoms with Gasteiger partial charge in [-0.3, -0.25) is 14.4 Å². The lowest BCUT2D eigenvalue weighted by molar-refractivity contribution is -0.126. The van der Waals surface area contributed by atoms with Crippen LogP contribution in [0.5, 0.6) is 0 Å². The number of pyridine rings is 1. The number of hydrogen-bond acceptors (Lipinski definition) is 4. The normalized spacial score (nSPS) is 11.9. The van der Waals surface area contributed by atoms with Gasteiger partial charge >= 0.3 is 0 Å². The number of ketones is 1. The molecule has 0 radical (unpaired) electrons. The van der Waals surface area contributed by atoms with Crippen molar-refractivity contribution in [3.63, 3.8) is 0 Å². The van der Waals surface area contributed by atoms with Crippen molar-refractivity contribution in [1.29, 1.82) is 0 Å². The number of allylic oxidation sites excluding steroid dienone is 1. The van der Waals surface area contributed by atoms with Crippen molar-refractivity contribution < 1.29 is 23.2 Å². The van der Waals surface area contributed by atoms with E-state index in [2.05, 4.69) is 15.6 Å². The van der Waals surface area contributed by atoms with E-state index in [-0.39, 0.29) is 17.8 Å². The van der Waals surface area contributed by atoms with Gasteiger partial charge in [0.05, 0.1) is 6.42 Å². The molecule has 8 heteroatoms. The number of nitrogens with one attached hydrogen (secondary N) is 2. The first kappa shape index (κ1) is 22.9. The molecule has 1 aromatic carbocycles. The van der Waals surface area contributed by atoms with Crippen LogP contribution in [0.25, 0.3) is 6.08 Å². The molecule has 158 valence electrons. The third-order valence-electron chi connectivity index (χ3n) is 4.06. The molecule has 0 aliphatic carbocycles. The largest absolute Gasteiger partial charge is 0.344 e. The fourth-order valence-corrected chi connectivity index (χ4v) is 2.71. The first-order valence-electron chi connectivity index (χ1n) is 9.46. The number of rotatable bonds is 9. The van der Waals surface area contributed by atoms with E-state index in [1.54, 1.807) is 18.2 Å². The van der Waals surface area contributed by atoms with E-state index in [1.807, 2.05) is 6.92 Å². The van der Waals surface area contributed by atoms with Gasteiger partial charge in [-0.2, -0.15) is 0 Å². The number of anilines is 1. The van der Waals surface area contributed by atoms with Gasteiger partial charge in [-0.25, -0.2) is 13.8 Å². The van der Waals surface area contributed by atoms with Crippen molar-refractivity contribution in [3.05, 3.63) is 65.4 Å². The average molecular weight is 415 g/mol. The SMILES string of the molecule is CCCC(NC(=O)Cc1cc(F)cc(F)c1)C(=O)Nc1ccc(C=CC(C)=O)cn1. The Morgan fingerprint density at radius 2 is 1.83 bits per heavy atom. The summed E-state index contributed by atoms with van der Waals surface area (Å²) in [5.41, 5.74) is 0.875. The molecule has 0 fully saturated rings. The number of amides is 2. The van der Waals surface area contributed by atoms with Crippen molar-refractivity contribution >= 4 is 29.5 Å². The van der Waals surface area contributed by atoms with Gasteiger partial charge in [0.1, 0.15) is 23.5 Å². The summed E-state index contributed by atoms with van der Waals surface area (Å²) in [4.78, 5) is 39.9. The Balaban J connectivity index is 1.99.